The summed E-state index contributed by atoms with van der Waals surface area (Å²) in [6, 6.07) is 7.84. The van der Waals surface area contributed by atoms with Gasteiger partial charge in [0.1, 0.15) is 5.01 Å². The number of fused-ring (bicyclic) bond motifs is 1. The molecule has 8 heteroatoms. The van der Waals surface area contributed by atoms with E-state index in [1.54, 1.807) is 28.4 Å². The van der Waals surface area contributed by atoms with Crippen molar-refractivity contribution in [1.82, 2.24) is 30.5 Å². The Morgan fingerprint density at radius 1 is 1.39 bits per heavy atom. The summed E-state index contributed by atoms with van der Waals surface area (Å²) >= 11 is 1.57. The van der Waals surface area contributed by atoms with Gasteiger partial charge in [-0.05, 0) is 31.1 Å². The van der Waals surface area contributed by atoms with Gasteiger partial charge in [0.2, 0.25) is 5.91 Å². The highest BCUT2D eigenvalue weighted by molar-refractivity contribution is 7.19. The molecule has 0 bridgehead atoms. The van der Waals surface area contributed by atoms with Crippen molar-refractivity contribution in [2.24, 2.45) is 0 Å². The normalized spacial score (nSPS) is 18.3. The quantitative estimate of drug-likeness (QED) is 0.745. The number of nitrogens with one attached hydrogen (secondary N) is 1. The van der Waals surface area contributed by atoms with E-state index in [2.05, 4.69) is 25.6 Å². The van der Waals surface area contributed by atoms with Gasteiger partial charge in [0.25, 0.3) is 0 Å². The predicted molar refractivity (Wildman–Crippen MR) is 86.5 cm³/mol. The first-order valence-electron chi connectivity index (χ1n) is 7.39. The number of aromatic nitrogens is 5. The number of nitrogens with zero attached hydrogens (tertiary/aromatic N) is 5. The van der Waals surface area contributed by atoms with E-state index in [4.69, 9.17) is 0 Å². The number of rotatable bonds is 3. The van der Waals surface area contributed by atoms with Crippen LogP contribution in [0.25, 0.3) is 16.3 Å². The minimum absolute atomic E-state index is 0.0449. The number of para-hydroxylation sites is 1. The molecule has 1 aliphatic heterocycles. The van der Waals surface area contributed by atoms with Gasteiger partial charge in [-0.1, -0.05) is 17.3 Å². The largest absolute Gasteiger partial charge is 0.329 e. The van der Waals surface area contributed by atoms with Crippen LogP contribution in [0, 0.1) is 0 Å². The van der Waals surface area contributed by atoms with Gasteiger partial charge in [-0.2, -0.15) is 5.21 Å². The van der Waals surface area contributed by atoms with E-state index >= 15 is 0 Å². The molecule has 1 amide bonds. The number of amides is 1. The second-order valence-electron chi connectivity index (χ2n) is 5.31. The molecule has 0 saturated carbocycles. The lowest BCUT2D eigenvalue weighted by atomic mass is 10.2. The Balaban J connectivity index is 1.52. The smallest absolute Gasteiger partial charge is 0.247 e. The monoisotopic (exact) mass is 326 g/mol. The topological polar surface area (TPSA) is 87.7 Å². The molecule has 1 aliphatic rings. The summed E-state index contributed by atoms with van der Waals surface area (Å²) in [6.07, 6.45) is 5.16. The molecule has 116 valence electrons. The van der Waals surface area contributed by atoms with Crippen molar-refractivity contribution in [1.29, 1.82) is 0 Å². The maximum Gasteiger partial charge on any atom is 0.247 e. The highest BCUT2D eigenvalue weighted by Gasteiger charge is 2.31. The van der Waals surface area contributed by atoms with Gasteiger partial charge in [-0.25, -0.2) is 4.98 Å². The Hall–Kier alpha value is -2.61. The third-order valence-electron chi connectivity index (χ3n) is 3.87. The second kappa shape index (κ2) is 5.88. The Morgan fingerprint density at radius 3 is 3.13 bits per heavy atom. The molecule has 1 aromatic carbocycles. The van der Waals surface area contributed by atoms with E-state index < -0.39 is 0 Å². The molecule has 1 fully saturated rings. The lowest BCUT2D eigenvalue weighted by Gasteiger charge is -2.20. The van der Waals surface area contributed by atoms with Crippen LogP contribution in [0.15, 0.2) is 30.3 Å². The number of carbonyl (C=O) groups is 1. The first kappa shape index (κ1) is 14.0. The Morgan fingerprint density at radius 2 is 2.30 bits per heavy atom. The molecule has 1 atom stereocenters. The van der Waals surface area contributed by atoms with Crippen LogP contribution < -0.4 is 0 Å². The van der Waals surface area contributed by atoms with E-state index in [1.165, 1.54) is 0 Å². The minimum atomic E-state index is -0.0960. The van der Waals surface area contributed by atoms with Crippen molar-refractivity contribution >= 4 is 33.5 Å². The number of hydrogen-bond acceptors (Lipinski definition) is 6. The summed E-state index contributed by atoms with van der Waals surface area (Å²) in [7, 11) is 0. The van der Waals surface area contributed by atoms with Crippen molar-refractivity contribution in [2.45, 2.75) is 18.9 Å². The molecule has 2 aromatic heterocycles. The lowest BCUT2D eigenvalue weighted by Crippen LogP contribution is -2.29. The van der Waals surface area contributed by atoms with E-state index in [9.17, 15) is 4.79 Å². The number of carbonyl (C=O) groups excluding carboxylic acids is 1. The zero-order valence-electron chi connectivity index (χ0n) is 12.2. The van der Waals surface area contributed by atoms with Crippen molar-refractivity contribution in [2.75, 3.05) is 6.54 Å². The summed E-state index contributed by atoms with van der Waals surface area (Å²) in [5.41, 5.74) is 0.954. The van der Waals surface area contributed by atoms with Crippen molar-refractivity contribution in [3.63, 3.8) is 0 Å². The van der Waals surface area contributed by atoms with Crippen LogP contribution in [-0.2, 0) is 4.79 Å². The number of aromatic amines is 1. The van der Waals surface area contributed by atoms with Gasteiger partial charge in [0.05, 0.1) is 16.3 Å². The van der Waals surface area contributed by atoms with Crippen LogP contribution in [0.4, 0.5) is 0 Å². The van der Waals surface area contributed by atoms with Gasteiger partial charge in [-0.3, -0.25) is 4.79 Å². The van der Waals surface area contributed by atoms with E-state index in [1.807, 2.05) is 24.3 Å². The Labute approximate surface area is 136 Å². The first-order chi connectivity index (χ1) is 11.3. The summed E-state index contributed by atoms with van der Waals surface area (Å²) in [5, 5.41) is 14.9. The van der Waals surface area contributed by atoms with Crippen molar-refractivity contribution in [3.05, 3.63) is 41.2 Å². The molecule has 3 heterocycles. The molecule has 1 N–H and O–H groups in total. The third kappa shape index (κ3) is 2.72. The number of tetrazole rings is 1. The maximum atomic E-state index is 12.5. The fourth-order valence-electron chi connectivity index (χ4n) is 2.81. The van der Waals surface area contributed by atoms with Crippen LogP contribution >= 0.6 is 11.3 Å². The fourth-order valence-corrected chi connectivity index (χ4v) is 3.68. The first-order valence-corrected chi connectivity index (χ1v) is 8.20. The molecule has 7 nitrogen and oxygen atoms in total. The van der Waals surface area contributed by atoms with Crippen LogP contribution in [0.3, 0.4) is 0 Å². The second-order valence-corrected chi connectivity index (χ2v) is 6.38. The highest BCUT2D eigenvalue weighted by Crippen LogP contribution is 2.29. The van der Waals surface area contributed by atoms with Crippen LogP contribution in [0.2, 0.25) is 0 Å². The minimum Gasteiger partial charge on any atom is -0.329 e. The number of benzene rings is 1. The summed E-state index contributed by atoms with van der Waals surface area (Å²) in [5.74, 6) is 0.529. The molecule has 4 rings (SSSR count). The maximum absolute atomic E-state index is 12.5. The fraction of sp³-hybridized carbons (Fsp3) is 0.267. The molecule has 0 unspecified atom stereocenters. The van der Waals surface area contributed by atoms with Crippen LogP contribution in [-0.4, -0.2) is 43.0 Å². The van der Waals surface area contributed by atoms with Crippen LogP contribution in [0.1, 0.15) is 29.7 Å². The average Bonchev–Trinajstić information content (AvgIpc) is 3.31. The number of thiazole rings is 1. The van der Waals surface area contributed by atoms with Gasteiger partial charge >= 0.3 is 0 Å². The van der Waals surface area contributed by atoms with Gasteiger partial charge in [0.15, 0.2) is 5.82 Å². The number of likely N-dealkylation sites (tertiary alicyclic amines) is 1. The summed E-state index contributed by atoms with van der Waals surface area (Å²) in [4.78, 5) is 18.8. The molecule has 0 spiro atoms. The van der Waals surface area contributed by atoms with E-state index in [-0.39, 0.29) is 11.9 Å². The standard InChI is InChI=1S/C15H14N6OS/c22-14(21-9-3-5-11(21)15-17-19-20-18-15)8-7-13-16-10-4-1-2-6-12(10)23-13/h1-2,4,6-8,11H,3,5,9H2,(H,17,18,19,20)/b8-7+/t11-/m0/s1. The lowest BCUT2D eigenvalue weighted by molar-refractivity contribution is -0.127. The molecule has 23 heavy (non-hydrogen) atoms. The number of H-pyrrole nitrogens is 1. The number of hydrogen-bond donors (Lipinski definition) is 1. The van der Waals surface area contributed by atoms with Crippen molar-refractivity contribution in [3.8, 4) is 0 Å². The molecule has 3 aromatic rings. The SMILES string of the molecule is O=C(/C=C/c1nc2ccccc2s1)N1CCC[C@H]1c1nn[nH]n1. The zero-order valence-corrected chi connectivity index (χ0v) is 13.0. The Kier molecular flexibility index (Phi) is 3.58. The average molecular weight is 326 g/mol. The molecular formula is C15H14N6OS. The highest BCUT2D eigenvalue weighted by atomic mass is 32.1. The molecular weight excluding hydrogens is 312 g/mol. The predicted octanol–water partition coefficient (Wildman–Crippen LogP) is 2.19. The molecule has 1 saturated heterocycles. The van der Waals surface area contributed by atoms with Crippen LogP contribution in [0.5, 0.6) is 0 Å². The third-order valence-corrected chi connectivity index (χ3v) is 4.88. The summed E-state index contributed by atoms with van der Waals surface area (Å²) in [6.45, 7) is 0.711. The molecule has 0 radical (unpaired) electrons. The Bertz CT molecular complexity index is 823. The van der Waals surface area contributed by atoms with Gasteiger partial charge < -0.3 is 4.90 Å². The summed E-state index contributed by atoms with van der Waals surface area (Å²) < 4.78 is 1.12. The van der Waals surface area contributed by atoms with E-state index in [0.29, 0.717) is 12.4 Å². The zero-order chi connectivity index (χ0) is 15.6. The van der Waals surface area contributed by atoms with E-state index in [0.717, 1.165) is 28.1 Å². The molecule has 0 aliphatic carbocycles. The van der Waals surface area contributed by atoms with Gasteiger partial charge in [0, 0.05) is 12.6 Å². The van der Waals surface area contributed by atoms with Gasteiger partial charge in [-0.15, -0.1) is 21.5 Å². The van der Waals surface area contributed by atoms with Crippen molar-refractivity contribution < 1.29 is 4.79 Å².